The molecule has 0 atom stereocenters. The summed E-state index contributed by atoms with van der Waals surface area (Å²) in [5.41, 5.74) is 1.18. The summed E-state index contributed by atoms with van der Waals surface area (Å²) in [4.78, 5) is 22.2. The molecule has 0 radical (unpaired) electrons. The summed E-state index contributed by atoms with van der Waals surface area (Å²) in [6, 6.07) is 0. The van der Waals surface area contributed by atoms with Gasteiger partial charge in [-0.15, -0.1) is 22.7 Å². The minimum atomic E-state index is -0.0201. The van der Waals surface area contributed by atoms with E-state index in [9.17, 15) is 4.79 Å². The van der Waals surface area contributed by atoms with Crippen LogP contribution in [0.1, 0.15) is 16.2 Å². The highest BCUT2D eigenvalue weighted by molar-refractivity contribution is 14.1. The van der Waals surface area contributed by atoms with Crippen molar-refractivity contribution >= 4 is 73.6 Å². The van der Waals surface area contributed by atoms with Gasteiger partial charge in [-0.1, -0.05) is 0 Å². The van der Waals surface area contributed by atoms with E-state index in [-0.39, 0.29) is 5.78 Å². The second-order valence-corrected chi connectivity index (χ2v) is 8.12. The third-order valence-corrected chi connectivity index (χ3v) is 5.49. The highest BCUT2D eigenvalue weighted by Gasteiger charge is 2.34. The Morgan fingerprint density at radius 3 is 1.79 bits per heavy atom. The van der Waals surface area contributed by atoms with Gasteiger partial charge in [-0.2, -0.15) is 0 Å². The normalized spacial score (nSPS) is 13.1. The first kappa shape index (κ1) is 9.60. The molecule has 0 aromatic carbocycles. The quantitative estimate of drug-likeness (QED) is 0.499. The summed E-state index contributed by atoms with van der Waals surface area (Å²) in [5.74, 6) is -0.0201. The zero-order chi connectivity index (χ0) is 9.87. The van der Waals surface area contributed by atoms with Crippen molar-refractivity contribution in [3.8, 4) is 9.75 Å². The summed E-state index contributed by atoms with van der Waals surface area (Å²) in [7, 11) is 0. The maximum Gasteiger partial charge on any atom is 0.232 e. The van der Waals surface area contributed by atoms with E-state index in [4.69, 9.17) is 0 Å². The summed E-state index contributed by atoms with van der Waals surface area (Å²) in [6.45, 7) is 0. The van der Waals surface area contributed by atoms with Crippen molar-refractivity contribution in [3.63, 3.8) is 0 Å². The molecule has 0 saturated carbocycles. The van der Waals surface area contributed by atoms with Gasteiger partial charge in [-0.25, -0.2) is 9.97 Å². The molecule has 2 aromatic rings. The van der Waals surface area contributed by atoms with Crippen molar-refractivity contribution in [3.05, 3.63) is 17.4 Å². The van der Waals surface area contributed by atoms with E-state index < -0.39 is 0 Å². The molecule has 3 rings (SSSR count). The Morgan fingerprint density at radius 2 is 1.36 bits per heavy atom. The van der Waals surface area contributed by atoms with Crippen LogP contribution in [0.3, 0.4) is 0 Å². The third-order valence-electron chi connectivity index (χ3n) is 1.84. The molecule has 0 unspecified atom stereocenters. The predicted octanol–water partition coefficient (Wildman–Crippen LogP) is 3.02. The van der Waals surface area contributed by atoms with Gasteiger partial charge in [-0.05, 0) is 45.2 Å². The average Bonchev–Trinajstić information content (AvgIpc) is 2.71. The smallest absolute Gasteiger partial charge is 0.232 e. The third kappa shape index (κ3) is 1.21. The van der Waals surface area contributed by atoms with E-state index in [1.807, 2.05) is 0 Å². The molecule has 3 nitrogen and oxygen atoms in total. The number of fused-ring (bicyclic) bond motifs is 3. The molecule has 2 aromatic heterocycles. The number of ketones is 1. The maximum atomic E-state index is 11.8. The van der Waals surface area contributed by atoms with E-state index in [2.05, 4.69) is 55.1 Å². The fourth-order valence-corrected chi connectivity index (χ4v) is 4.83. The Bertz CT molecular complexity index is 512. The van der Waals surface area contributed by atoms with Crippen molar-refractivity contribution in [2.75, 3.05) is 0 Å². The summed E-state index contributed by atoms with van der Waals surface area (Å²) in [5, 5.41) is 0. The fraction of sp³-hybridized carbons (Fsp3) is 0. The first-order valence-electron chi connectivity index (χ1n) is 3.54. The minimum absolute atomic E-state index is 0.0201. The summed E-state index contributed by atoms with van der Waals surface area (Å²) >= 11 is 7.39. The van der Waals surface area contributed by atoms with Gasteiger partial charge in [0, 0.05) is 0 Å². The molecule has 0 aliphatic heterocycles. The Morgan fingerprint density at radius 1 is 0.929 bits per heavy atom. The van der Waals surface area contributed by atoms with E-state index in [0.29, 0.717) is 11.4 Å². The average molecular weight is 446 g/mol. The predicted molar refractivity (Wildman–Crippen MR) is 72.1 cm³/mol. The molecular weight excluding hydrogens is 446 g/mol. The van der Waals surface area contributed by atoms with Gasteiger partial charge >= 0.3 is 0 Å². The number of thiazole rings is 2. The van der Waals surface area contributed by atoms with Crippen molar-refractivity contribution in [2.45, 2.75) is 0 Å². The van der Waals surface area contributed by atoms with Crippen LogP contribution in [0.15, 0.2) is 0 Å². The molecule has 7 heteroatoms. The monoisotopic (exact) mass is 446 g/mol. The van der Waals surface area contributed by atoms with Crippen molar-refractivity contribution < 1.29 is 4.79 Å². The van der Waals surface area contributed by atoms with Crippen LogP contribution >= 0.6 is 67.9 Å². The van der Waals surface area contributed by atoms with Crippen LogP contribution < -0.4 is 0 Å². The lowest BCUT2D eigenvalue weighted by molar-refractivity contribution is 0.103. The fourth-order valence-electron chi connectivity index (χ4n) is 1.32. The number of hydrogen-bond donors (Lipinski definition) is 0. The van der Waals surface area contributed by atoms with Crippen molar-refractivity contribution in [1.29, 1.82) is 0 Å². The second kappa shape index (κ2) is 3.19. The number of rotatable bonds is 0. The molecule has 0 bridgehead atoms. The minimum Gasteiger partial charge on any atom is -0.285 e. The number of halogens is 2. The zero-order valence-corrected chi connectivity index (χ0v) is 12.3. The summed E-state index contributed by atoms with van der Waals surface area (Å²) < 4.78 is 1.82. The molecule has 1 aliphatic rings. The van der Waals surface area contributed by atoms with Gasteiger partial charge in [0.15, 0.2) is 6.03 Å². The first-order valence-corrected chi connectivity index (χ1v) is 7.33. The van der Waals surface area contributed by atoms with Crippen LogP contribution in [0.4, 0.5) is 0 Å². The van der Waals surface area contributed by atoms with E-state index >= 15 is 0 Å². The molecule has 0 N–H and O–H groups in total. The largest absolute Gasteiger partial charge is 0.285 e. The Labute approximate surface area is 114 Å². The SMILES string of the molecule is O=C1c2nc(I)sc2-c2sc(I)nc21. The Hall–Kier alpha value is 0.390. The molecule has 70 valence electrons. The van der Waals surface area contributed by atoms with Crippen molar-refractivity contribution in [1.82, 2.24) is 9.97 Å². The highest BCUT2D eigenvalue weighted by Crippen LogP contribution is 2.43. The van der Waals surface area contributed by atoms with E-state index in [1.165, 1.54) is 0 Å². The number of hydrogen-bond acceptors (Lipinski definition) is 5. The van der Waals surface area contributed by atoms with Crippen LogP contribution in [0.2, 0.25) is 0 Å². The molecule has 0 amide bonds. The van der Waals surface area contributed by atoms with Gasteiger partial charge in [-0.3, -0.25) is 4.79 Å². The van der Waals surface area contributed by atoms with Crippen LogP contribution in [0, 0.1) is 6.03 Å². The Balaban J connectivity index is 2.37. The van der Waals surface area contributed by atoms with E-state index in [0.717, 1.165) is 15.8 Å². The standard InChI is InChI=1S/C7I2N2OS2/c8-6-10-1-3(12)2-5(4(1)13-6)14-7(9)11-2. The number of nitrogens with zero attached hydrogens (tertiary/aromatic N) is 2. The lowest BCUT2D eigenvalue weighted by Gasteiger charge is -1.83. The van der Waals surface area contributed by atoms with Gasteiger partial charge in [0.1, 0.15) is 11.4 Å². The van der Waals surface area contributed by atoms with Crippen LogP contribution in [0.5, 0.6) is 0 Å². The molecule has 0 fully saturated rings. The molecule has 0 spiro atoms. The lowest BCUT2D eigenvalue weighted by atomic mass is 10.3. The lowest BCUT2D eigenvalue weighted by Crippen LogP contribution is -1.98. The molecule has 14 heavy (non-hydrogen) atoms. The van der Waals surface area contributed by atoms with E-state index in [1.54, 1.807) is 22.7 Å². The van der Waals surface area contributed by atoms with Gasteiger partial charge in [0.25, 0.3) is 0 Å². The van der Waals surface area contributed by atoms with Gasteiger partial charge < -0.3 is 0 Å². The van der Waals surface area contributed by atoms with Crippen molar-refractivity contribution in [2.24, 2.45) is 0 Å². The Kier molecular flexibility index (Phi) is 2.19. The second-order valence-electron chi connectivity index (χ2n) is 2.62. The molecule has 0 saturated heterocycles. The topological polar surface area (TPSA) is 42.9 Å². The first-order chi connectivity index (χ1) is 6.66. The van der Waals surface area contributed by atoms with Crippen LogP contribution in [-0.4, -0.2) is 15.8 Å². The molecule has 1 aliphatic carbocycles. The summed E-state index contributed by atoms with van der Waals surface area (Å²) in [6.07, 6.45) is 0. The molecular formula is C7I2N2OS2. The van der Waals surface area contributed by atoms with Gasteiger partial charge in [0.05, 0.1) is 9.75 Å². The number of aromatic nitrogens is 2. The molecule has 2 heterocycles. The maximum absolute atomic E-state index is 11.8. The highest BCUT2D eigenvalue weighted by atomic mass is 127. The zero-order valence-electron chi connectivity index (χ0n) is 6.38. The number of carbonyl (C=O) groups is 1. The van der Waals surface area contributed by atoms with Crippen LogP contribution in [0.25, 0.3) is 9.75 Å². The van der Waals surface area contributed by atoms with Crippen LogP contribution in [-0.2, 0) is 0 Å². The number of carbonyl (C=O) groups excluding carboxylic acids is 1. The van der Waals surface area contributed by atoms with Gasteiger partial charge in [0.2, 0.25) is 5.78 Å².